The Morgan fingerprint density at radius 3 is 2.33 bits per heavy atom. The molecule has 3 rings (SSSR count). The van der Waals surface area contributed by atoms with E-state index >= 15 is 0 Å². The molecule has 33 heavy (non-hydrogen) atoms. The molecular weight excluding hydrogens is 418 g/mol. The van der Waals surface area contributed by atoms with Crippen molar-refractivity contribution in [1.29, 1.82) is 0 Å². The number of benzene rings is 2. The average Bonchev–Trinajstić information content (AvgIpc) is 2.83. The normalized spacial score (nSPS) is 10.8. The van der Waals surface area contributed by atoms with Gasteiger partial charge in [0.2, 0.25) is 5.76 Å². The third kappa shape index (κ3) is 6.54. The third-order valence-corrected chi connectivity index (χ3v) is 5.67. The van der Waals surface area contributed by atoms with E-state index in [2.05, 4.69) is 17.0 Å². The van der Waals surface area contributed by atoms with Crippen molar-refractivity contribution in [3.05, 3.63) is 75.6 Å². The number of nitrogens with one attached hydrogen (secondary N) is 1. The van der Waals surface area contributed by atoms with Crippen LogP contribution < -0.4 is 10.7 Å². The molecule has 0 unspecified atom stereocenters. The summed E-state index contributed by atoms with van der Waals surface area (Å²) in [5.41, 5.74) is 1.77. The summed E-state index contributed by atoms with van der Waals surface area (Å²) in [4.78, 5) is 37.0. The first-order valence-corrected chi connectivity index (χ1v) is 11.6. The maximum absolute atomic E-state index is 12.8. The molecule has 0 saturated carbocycles. The molecule has 174 valence electrons. The zero-order chi connectivity index (χ0) is 23.6. The molecule has 0 fully saturated rings. The molecule has 3 aromatic rings. The topological polar surface area (TPSA) is 85.6 Å². The van der Waals surface area contributed by atoms with Crippen LogP contribution in [0.3, 0.4) is 0 Å². The van der Waals surface area contributed by atoms with Gasteiger partial charge in [0.25, 0.3) is 5.91 Å². The van der Waals surface area contributed by atoms with Crippen LogP contribution in [-0.4, -0.2) is 19.0 Å². The molecule has 1 heterocycles. The fourth-order valence-corrected chi connectivity index (χ4v) is 3.78. The predicted molar refractivity (Wildman–Crippen MR) is 130 cm³/mol. The average molecular weight is 450 g/mol. The number of unbranched alkanes of at least 4 members (excludes halogenated alkanes) is 6. The number of para-hydroxylation sites is 1. The Labute approximate surface area is 194 Å². The van der Waals surface area contributed by atoms with Gasteiger partial charge < -0.3 is 14.5 Å². The van der Waals surface area contributed by atoms with E-state index in [1.807, 2.05) is 12.1 Å². The van der Waals surface area contributed by atoms with Crippen molar-refractivity contribution in [3.63, 3.8) is 0 Å². The number of amides is 1. The van der Waals surface area contributed by atoms with Gasteiger partial charge in [-0.1, -0.05) is 63.6 Å². The number of hydrogen-bond acceptors (Lipinski definition) is 5. The first-order chi connectivity index (χ1) is 16.0. The highest BCUT2D eigenvalue weighted by atomic mass is 16.5. The minimum atomic E-state index is -0.758. The molecule has 0 aliphatic carbocycles. The second kappa shape index (κ2) is 12.0. The number of esters is 1. The maximum atomic E-state index is 12.8. The lowest BCUT2D eigenvalue weighted by atomic mass is 10.0. The van der Waals surface area contributed by atoms with E-state index < -0.39 is 5.97 Å². The molecule has 1 N–H and O–H groups in total. The Balaban J connectivity index is 1.65. The van der Waals surface area contributed by atoms with E-state index in [-0.39, 0.29) is 28.1 Å². The highest BCUT2D eigenvalue weighted by Crippen LogP contribution is 2.23. The number of hydrogen-bond donors (Lipinski definition) is 1. The zero-order valence-electron chi connectivity index (χ0n) is 19.3. The molecule has 6 nitrogen and oxygen atoms in total. The van der Waals surface area contributed by atoms with Crippen molar-refractivity contribution in [2.45, 2.75) is 58.3 Å². The summed E-state index contributed by atoms with van der Waals surface area (Å²) in [5.74, 6) is -1.30. The molecule has 6 heteroatoms. The van der Waals surface area contributed by atoms with E-state index in [9.17, 15) is 14.4 Å². The maximum Gasteiger partial charge on any atom is 0.374 e. The van der Waals surface area contributed by atoms with Crippen LogP contribution in [0.1, 0.15) is 78.3 Å². The van der Waals surface area contributed by atoms with Crippen molar-refractivity contribution in [2.24, 2.45) is 0 Å². The van der Waals surface area contributed by atoms with Crippen molar-refractivity contribution in [1.82, 2.24) is 0 Å². The highest BCUT2D eigenvalue weighted by molar-refractivity contribution is 6.08. The summed E-state index contributed by atoms with van der Waals surface area (Å²) in [5, 5.41) is 3.05. The quantitative estimate of drug-likeness (QED) is 0.281. The summed E-state index contributed by atoms with van der Waals surface area (Å²) in [6.45, 7) is 2.23. The van der Waals surface area contributed by atoms with Crippen LogP contribution in [-0.2, 0) is 11.2 Å². The monoisotopic (exact) mass is 449 g/mol. The Morgan fingerprint density at radius 2 is 1.64 bits per heavy atom. The lowest BCUT2D eigenvalue weighted by molar-refractivity contribution is 0.0565. The second-order valence-electron chi connectivity index (χ2n) is 8.17. The lowest BCUT2D eigenvalue weighted by Gasteiger charge is -2.09. The number of fused-ring (bicyclic) bond motifs is 1. The van der Waals surface area contributed by atoms with Crippen LogP contribution in [0.25, 0.3) is 11.0 Å². The fourth-order valence-electron chi connectivity index (χ4n) is 3.78. The summed E-state index contributed by atoms with van der Waals surface area (Å²) in [7, 11) is 1.21. The summed E-state index contributed by atoms with van der Waals surface area (Å²) >= 11 is 0. The predicted octanol–water partition coefficient (Wildman–Crippen LogP) is 6.13. The standard InChI is InChI=1S/C27H31NO5/c1-3-4-5-6-7-8-9-11-19-14-16-20(17-15-19)26(30)28-22-13-10-12-21-23(29)18-24(27(31)32-2)33-25(21)22/h10,12-18H,3-9,11H2,1-2H3,(H,28,30). The third-order valence-electron chi connectivity index (χ3n) is 5.67. The van der Waals surface area contributed by atoms with Gasteiger partial charge in [-0.15, -0.1) is 0 Å². The smallest absolute Gasteiger partial charge is 0.374 e. The first-order valence-electron chi connectivity index (χ1n) is 11.6. The van der Waals surface area contributed by atoms with Gasteiger partial charge in [0.15, 0.2) is 11.0 Å². The molecule has 2 aromatic carbocycles. The highest BCUT2D eigenvalue weighted by Gasteiger charge is 2.16. The van der Waals surface area contributed by atoms with Crippen molar-refractivity contribution >= 4 is 28.5 Å². The van der Waals surface area contributed by atoms with Gasteiger partial charge in [-0.25, -0.2) is 4.79 Å². The number of ether oxygens (including phenoxy) is 1. The van der Waals surface area contributed by atoms with E-state index in [0.717, 1.165) is 18.9 Å². The van der Waals surface area contributed by atoms with Gasteiger partial charge in [-0.05, 0) is 42.7 Å². The second-order valence-corrected chi connectivity index (χ2v) is 8.17. The van der Waals surface area contributed by atoms with Gasteiger partial charge >= 0.3 is 5.97 Å². The van der Waals surface area contributed by atoms with Crippen LogP contribution in [0.2, 0.25) is 0 Å². The minimum Gasteiger partial charge on any atom is -0.463 e. The Morgan fingerprint density at radius 1 is 0.939 bits per heavy atom. The molecular formula is C27H31NO5. The fraction of sp³-hybridized carbons (Fsp3) is 0.370. The van der Waals surface area contributed by atoms with Crippen LogP contribution in [0.15, 0.2) is 57.7 Å². The van der Waals surface area contributed by atoms with Gasteiger partial charge in [0, 0.05) is 11.6 Å². The summed E-state index contributed by atoms with van der Waals surface area (Å²) < 4.78 is 10.2. The molecule has 1 aromatic heterocycles. The minimum absolute atomic E-state index is 0.134. The van der Waals surface area contributed by atoms with Crippen molar-refractivity contribution < 1.29 is 18.7 Å². The van der Waals surface area contributed by atoms with E-state index in [4.69, 9.17) is 4.42 Å². The Hall–Kier alpha value is -3.41. The molecule has 0 saturated heterocycles. The van der Waals surface area contributed by atoms with Gasteiger partial charge in [0.1, 0.15) is 0 Å². The molecule has 0 atom stereocenters. The number of rotatable bonds is 11. The molecule has 0 radical (unpaired) electrons. The SMILES string of the molecule is CCCCCCCCCc1ccc(C(=O)Nc2cccc3c(=O)cc(C(=O)OC)oc23)cc1. The number of carbonyl (C=O) groups excluding carboxylic acids is 2. The lowest BCUT2D eigenvalue weighted by Crippen LogP contribution is -2.14. The molecule has 0 aliphatic heterocycles. The van der Waals surface area contributed by atoms with Crippen molar-refractivity contribution in [3.8, 4) is 0 Å². The van der Waals surface area contributed by atoms with Gasteiger partial charge in [-0.2, -0.15) is 0 Å². The van der Waals surface area contributed by atoms with Crippen LogP contribution in [0.4, 0.5) is 5.69 Å². The van der Waals surface area contributed by atoms with Gasteiger partial charge in [0.05, 0.1) is 18.2 Å². The number of anilines is 1. The Kier molecular flexibility index (Phi) is 8.81. The Bertz CT molecular complexity index is 1150. The number of carbonyl (C=O) groups is 2. The number of aryl methyl sites for hydroxylation is 1. The van der Waals surface area contributed by atoms with Crippen LogP contribution in [0.5, 0.6) is 0 Å². The van der Waals surface area contributed by atoms with Crippen molar-refractivity contribution in [2.75, 3.05) is 12.4 Å². The molecule has 0 spiro atoms. The van der Waals surface area contributed by atoms with E-state index in [0.29, 0.717) is 11.3 Å². The molecule has 1 amide bonds. The van der Waals surface area contributed by atoms with Crippen LogP contribution >= 0.6 is 0 Å². The zero-order valence-corrected chi connectivity index (χ0v) is 19.3. The van der Waals surface area contributed by atoms with Gasteiger partial charge in [-0.3, -0.25) is 9.59 Å². The molecule has 0 aliphatic rings. The summed E-state index contributed by atoms with van der Waals surface area (Å²) in [6.07, 6.45) is 9.87. The number of methoxy groups -OCH3 is 1. The van der Waals surface area contributed by atoms with E-state index in [1.165, 1.54) is 51.2 Å². The van der Waals surface area contributed by atoms with Crippen LogP contribution in [0, 0.1) is 0 Å². The molecule has 0 bridgehead atoms. The largest absolute Gasteiger partial charge is 0.463 e. The summed E-state index contributed by atoms with van der Waals surface area (Å²) in [6, 6.07) is 13.5. The van der Waals surface area contributed by atoms with E-state index in [1.54, 1.807) is 30.3 Å². The first kappa shape index (κ1) is 24.2.